The van der Waals surface area contributed by atoms with E-state index in [1.165, 1.54) is 6.20 Å². The fraction of sp³-hybridized carbons (Fsp3) is 0.231. The molecule has 0 bridgehead atoms. The Morgan fingerprint density at radius 1 is 1.40 bits per heavy atom. The van der Waals surface area contributed by atoms with E-state index in [1.54, 1.807) is 24.3 Å². The number of ether oxygens (including phenoxy) is 1. The maximum absolute atomic E-state index is 11.6. The lowest BCUT2D eigenvalue weighted by Gasteiger charge is -2.06. The predicted molar refractivity (Wildman–Crippen MR) is 77.5 cm³/mol. The number of carbonyl (C=O) groups is 1. The van der Waals surface area contributed by atoms with Crippen LogP contribution in [0.4, 0.5) is 11.5 Å². The standard InChI is InChI=1S/C13H14N4O2S/c1-2-7-19-12(18)9-3-5-10(6-4-9)15-11-8-14-17-13(20)16-11/h3-6,8H,2,7H2,1H3,(H2,15,16,17,20). The Morgan fingerprint density at radius 3 is 2.80 bits per heavy atom. The number of hydrogen-bond donors (Lipinski definition) is 2. The monoisotopic (exact) mass is 290 g/mol. The van der Waals surface area contributed by atoms with Crippen LogP contribution in [-0.4, -0.2) is 27.8 Å². The largest absolute Gasteiger partial charge is 0.462 e. The van der Waals surface area contributed by atoms with E-state index in [0.29, 0.717) is 22.8 Å². The quantitative estimate of drug-likeness (QED) is 0.651. The highest BCUT2D eigenvalue weighted by atomic mass is 32.1. The number of hydrogen-bond acceptors (Lipinski definition) is 6. The van der Waals surface area contributed by atoms with Crippen molar-refractivity contribution in [2.24, 2.45) is 0 Å². The number of carbonyl (C=O) groups excluding carboxylic acids is 1. The van der Waals surface area contributed by atoms with Gasteiger partial charge in [0, 0.05) is 5.69 Å². The zero-order valence-corrected chi connectivity index (χ0v) is 11.7. The Hall–Kier alpha value is -2.28. The van der Waals surface area contributed by atoms with Crippen LogP contribution in [0.15, 0.2) is 30.5 Å². The van der Waals surface area contributed by atoms with E-state index < -0.39 is 0 Å². The molecule has 0 amide bonds. The zero-order valence-electron chi connectivity index (χ0n) is 10.9. The summed E-state index contributed by atoms with van der Waals surface area (Å²) in [5.74, 6) is 0.218. The van der Waals surface area contributed by atoms with Gasteiger partial charge in [0.15, 0.2) is 5.82 Å². The van der Waals surface area contributed by atoms with Gasteiger partial charge in [-0.3, -0.25) is 5.10 Å². The third kappa shape index (κ3) is 3.86. The van der Waals surface area contributed by atoms with E-state index in [2.05, 4.69) is 20.5 Å². The first-order chi connectivity index (χ1) is 9.69. The third-order valence-electron chi connectivity index (χ3n) is 2.40. The molecule has 7 heteroatoms. The number of nitrogens with one attached hydrogen (secondary N) is 2. The average Bonchev–Trinajstić information content (AvgIpc) is 2.45. The van der Waals surface area contributed by atoms with Crippen molar-refractivity contribution < 1.29 is 9.53 Å². The molecule has 2 N–H and O–H groups in total. The number of aromatic nitrogens is 3. The molecule has 0 unspecified atom stereocenters. The van der Waals surface area contributed by atoms with Crippen molar-refractivity contribution in [1.29, 1.82) is 0 Å². The van der Waals surface area contributed by atoms with Crippen LogP contribution in [0, 0.1) is 4.77 Å². The second kappa shape index (κ2) is 6.76. The van der Waals surface area contributed by atoms with Crippen molar-refractivity contribution in [3.05, 3.63) is 40.8 Å². The van der Waals surface area contributed by atoms with Crippen molar-refractivity contribution >= 4 is 29.7 Å². The number of anilines is 2. The molecule has 6 nitrogen and oxygen atoms in total. The summed E-state index contributed by atoms with van der Waals surface area (Å²) in [5, 5.41) is 9.43. The van der Waals surface area contributed by atoms with E-state index >= 15 is 0 Å². The maximum Gasteiger partial charge on any atom is 0.338 e. The van der Waals surface area contributed by atoms with Gasteiger partial charge in [-0.25, -0.2) is 4.79 Å². The molecule has 2 rings (SSSR count). The molecular weight excluding hydrogens is 276 g/mol. The van der Waals surface area contributed by atoms with Gasteiger partial charge in [0.25, 0.3) is 0 Å². The van der Waals surface area contributed by atoms with Crippen LogP contribution >= 0.6 is 12.2 Å². The molecule has 0 radical (unpaired) electrons. The molecule has 0 aliphatic rings. The third-order valence-corrected chi connectivity index (χ3v) is 2.58. The number of aromatic amines is 1. The summed E-state index contributed by atoms with van der Waals surface area (Å²) in [5.41, 5.74) is 1.30. The summed E-state index contributed by atoms with van der Waals surface area (Å²) in [6, 6.07) is 6.92. The van der Waals surface area contributed by atoms with Crippen LogP contribution in [0.2, 0.25) is 0 Å². The first kappa shape index (κ1) is 14.1. The second-order valence-electron chi connectivity index (χ2n) is 4.01. The number of H-pyrrole nitrogens is 1. The molecule has 1 aromatic heterocycles. The van der Waals surface area contributed by atoms with Gasteiger partial charge in [-0.15, -0.1) is 0 Å². The Kier molecular flexibility index (Phi) is 4.78. The lowest BCUT2D eigenvalue weighted by Crippen LogP contribution is -2.05. The van der Waals surface area contributed by atoms with E-state index in [4.69, 9.17) is 17.0 Å². The molecule has 0 saturated heterocycles. The van der Waals surface area contributed by atoms with Gasteiger partial charge in [-0.1, -0.05) is 6.92 Å². The van der Waals surface area contributed by atoms with E-state index in [1.807, 2.05) is 6.92 Å². The second-order valence-corrected chi connectivity index (χ2v) is 4.40. The smallest absolute Gasteiger partial charge is 0.338 e. The average molecular weight is 290 g/mol. The van der Waals surface area contributed by atoms with Gasteiger partial charge in [0.2, 0.25) is 4.77 Å². The topological polar surface area (TPSA) is 79.9 Å². The molecule has 0 saturated carbocycles. The molecular formula is C13H14N4O2S. The van der Waals surface area contributed by atoms with Gasteiger partial charge in [-0.05, 0) is 42.9 Å². The highest BCUT2D eigenvalue weighted by Gasteiger charge is 2.06. The lowest BCUT2D eigenvalue weighted by atomic mass is 10.2. The minimum absolute atomic E-state index is 0.301. The molecule has 0 atom stereocenters. The van der Waals surface area contributed by atoms with Gasteiger partial charge >= 0.3 is 5.97 Å². The highest BCUT2D eigenvalue weighted by molar-refractivity contribution is 7.71. The summed E-state index contributed by atoms with van der Waals surface area (Å²) in [4.78, 5) is 15.7. The predicted octanol–water partition coefficient (Wildman–Crippen LogP) is 2.84. The van der Waals surface area contributed by atoms with Crippen LogP contribution < -0.4 is 5.32 Å². The van der Waals surface area contributed by atoms with Gasteiger partial charge in [-0.2, -0.15) is 10.1 Å². The Bertz CT molecular complexity index is 639. The molecule has 0 aliphatic carbocycles. The summed E-state index contributed by atoms with van der Waals surface area (Å²) >= 11 is 4.88. The number of nitrogens with zero attached hydrogens (tertiary/aromatic N) is 2. The first-order valence-electron chi connectivity index (χ1n) is 6.15. The van der Waals surface area contributed by atoms with Crippen molar-refractivity contribution in [1.82, 2.24) is 15.2 Å². The minimum atomic E-state index is -0.319. The number of rotatable bonds is 5. The lowest BCUT2D eigenvalue weighted by molar-refractivity contribution is 0.0505. The van der Waals surface area contributed by atoms with Crippen molar-refractivity contribution in [2.75, 3.05) is 11.9 Å². The maximum atomic E-state index is 11.6. The fourth-order valence-electron chi connectivity index (χ4n) is 1.49. The van der Waals surface area contributed by atoms with Crippen LogP contribution in [-0.2, 0) is 4.74 Å². The molecule has 1 heterocycles. The van der Waals surface area contributed by atoms with E-state index in [-0.39, 0.29) is 5.97 Å². The molecule has 0 spiro atoms. The van der Waals surface area contributed by atoms with Crippen LogP contribution in [0.1, 0.15) is 23.7 Å². The Balaban J connectivity index is 2.05. The minimum Gasteiger partial charge on any atom is -0.462 e. The van der Waals surface area contributed by atoms with Crippen LogP contribution in [0.3, 0.4) is 0 Å². The Morgan fingerprint density at radius 2 is 2.15 bits per heavy atom. The van der Waals surface area contributed by atoms with Crippen LogP contribution in [0.5, 0.6) is 0 Å². The highest BCUT2D eigenvalue weighted by Crippen LogP contribution is 2.14. The number of esters is 1. The zero-order chi connectivity index (χ0) is 14.4. The molecule has 0 aliphatic heterocycles. The normalized spacial score (nSPS) is 10.1. The molecule has 104 valence electrons. The molecule has 2 aromatic rings. The summed E-state index contributed by atoms with van der Waals surface area (Å²) in [7, 11) is 0. The van der Waals surface area contributed by atoms with E-state index in [0.717, 1.165) is 12.1 Å². The molecule has 0 fully saturated rings. The molecule has 1 aromatic carbocycles. The van der Waals surface area contributed by atoms with E-state index in [9.17, 15) is 4.79 Å². The van der Waals surface area contributed by atoms with Gasteiger partial charge < -0.3 is 10.1 Å². The fourth-order valence-corrected chi connectivity index (χ4v) is 1.64. The van der Waals surface area contributed by atoms with Gasteiger partial charge in [0.1, 0.15) is 0 Å². The molecule has 20 heavy (non-hydrogen) atoms. The SMILES string of the molecule is CCCOC(=O)c1ccc(Nc2cn[nH]c(=S)n2)cc1. The van der Waals surface area contributed by atoms with Crippen molar-refractivity contribution in [3.63, 3.8) is 0 Å². The summed E-state index contributed by atoms with van der Waals surface area (Å²) < 4.78 is 5.35. The number of benzene rings is 1. The van der Waals surface area contributed by atoms with Crippen molar-refractivity contribution in [2.45, 2.75) is 13.3 Å². The Labute approximate surface area is 121 Å². The summed E-state index contributed by atoms with van der Waals surface area (Å²) in [6.45, 7) is 2.38. The first-order valence-corrected chi connectivity index (χ1v) is 6.56. The summed E-state index contributed by atoms with van der Waals surface area (Å²) in [6.07, 6.45) is 2.33. The van der Waals surface area contributed by atoms with Crippen molar-refractivity contribution in [3.8, 4) is 0 Å². The van der Waals surface area contributed by atoms with Gasteiger partial charge in [0.05, 0.1) is 18.4 Å². The van der Waals surface area contributed by atoms with Crippen LogP contribution in [0.25, 0.3) is 0 Å².